The minimum atomic E-state index is -1.38. The zero-order valence-electron chi connectivity index (χ0n) is 8.80. The normalized spacial score (nSPS) is 11.4. The number of carbonyl (C=O) groups is 1. The van der Waals surface area contributed by atoms with Crippen molar-refractivity contribution >= 4 is 5.78 Å². The molecule has 0 fully saturated rings. The van der Waals surface area contributed by atoms with Crippen molar-refractivity contribution in [1.82, 2.24) is 0 Å². The van der Waals surface area contributed by atoms with Crippen LogP contribution in [0.1, 0.15) is 31.9 Å². The van der Waals surface area contributed by atoms with Gasteiger partial charge in [-0.05, 0) is 31.9 Å². The summed E-state index contributed by atoms with van der Waals surface area (Å²) >= 11 is 0. The predicted molar refractivity (Wildman–Crippen MR) is 55.0 cm³/mol. The Morgan fingerprint density at radius 3 is 2.43 bits per heavy atom. The molecule has 76 valence electrons. The van der Waals surface area contributed by atoms with E-state index < -0.39 is 5.67 Å². The van der Waals surface area contributed by atoms with Gasteiger partial charge >= 0.3 is 0 Å². The molecule has 0 atom stereocenters. The first-order valence-corrected chi connectivity index (χ1v) is 4.68. The van der Waals surface area contributed by atoms with Gasteiger partial charge in [-0.1, -0.05) is 24.3 Å². The van der Waals surface area contributed by atoms with Crippen molar-refractivity contribution in [1.29, 1.82) is 0 Å². The third-order valence-electron chi connectivity index (χ3n) is 2.10. The van der Waals surface area contributed by atoms with E-state index in [0.717, 1.165) is 5.56 Å². The number of carbonyl (C=O) groups excluding carboxylic acids is 1. The maximum absolute atomic E-state index is 13.7. The summed E-state index contributed by atoms with van der Waals surface area (Å²) in [6, 6.07) is 7.16. The Bertz CT molecular complexity index is 336. The van der Waals surface area contributed by atoms with Crippen molar-refractivity contribution < 1.29 is 9.18 Å². The van der Waals surface area contributed by atoms with Crippen LogP contribution in [0.2, 0.25) is 0 Å². The Kier molecular flexibility index (Phi) is 3.04. The predicted octanol–water partition coefficient (Wildman–Crippen LogP) is 3.02. The zero-order chi connectivity index (χ0) is 10.8. The van der Waals surface area contributed by atoms with Crippen LogP contribution >= 0.6 is 0 Å². The Morgan fingerprint density at radius 2 is 1.93 bits per heavy atom. The van der Waals surface area contributed by atoms with E-state index in [0.29, 0.717) is 12.0 Å². The molecule has 0 spiro atoms. The van der Waals surface area contributed by atoms with Crippen LogP contribution < -0.4 is 0 Å². The summed E-state index contributed by atoms with van der Waals surface area (Å²) in [4.78, 5) is 11.0. The molecule has 1 nitrogen and oxygen atoms in total. The quantitative estimate of drug-likeness (QED) is 0.722. The van der Waals surface area contributed by atoms with Crippen LogP contribution in [0.3, 0.4) is 0 Å². The maximum atomic E-state index is 13.7. The summed E-state index contributed by atoms with van der Waals surface area (Å²) in [7, 11) is 0. The number of alkyl halides is 1. The van der Waals surface area contributed by atoms with Crippen molar-refractivity contribution in [3.63, 3.8) is 0 Å². The van der Waals surface area contributed by atoms with Crippen molar-refractivity contribution in [3.8, 4) is 0 Å². The minimum absolute atomic E-state index is 0.0571. The molecule has 0 bridgehead atoms. The largest absolute Gasteiger partial charge is 0.300 e. The van der Waals surface area contributed by atoms with E-state index >= 15 is 0 Å². The summed E-state index contributed by atoms with van der Waals surface area (Å²) < 4.78 is 13.7. The van der Waals surface area contributed by atoms with Gasteiger partial charge in [0.25, 0.3) is 0 Å². The first-order valence-electron chi connectivity index (χ1n) is 4.68. The SMILES string of the molecule is CC(=O)Cc1ccccc1C(C)(C)F. The van der Waals surface area contributed by atoms with E-state index in [4.69, 9.17) is 0 Å². The van der Waals surface area contributed by atoms with Crippen molar-refractivity contribution in [2.45, 2.75) is 32.9 Å². The lowest BCUT2D eigenvalue weighted by molar-refractivity contribution is -0.116. The van der Waals surface area contributed by atoms with Crippen molar-refractivity contribution in [2.24, 2.45) is 0 Å². The van der Waals surface area contributed by atoms with Gasteiger partial charge < -0.3 is 0 Å². The number of hydrogen-bond donors (Lipinski definition) is 0. The van der Waals surface area contributed by atoms with Crippen LogP contribution in [0, 0.1) is 0 Å². The first-order chi connectivity index (χ1) is 6.41. The monoisotopic (exact) mass is 194 g/mol. The molecule has 1 aromatic carbocycles. The van der Waals surface area contributed by atoms with Gasteiger partial charge in [-0.25, -0.2) is 4.39 Å². The average Bonchev–Trinajstić information content (AvgIpc) is 2.01. The summed E-state index contributed by atoms with van der Waals surface area (Å²) in [5.41, 5.74) is 0.00850. The molecule has 0 amide bonds. The standard InChI is InChI=1S/C12H15FO/c1-9(14)8-10-6-4-5-7-11(10)12(2,3)13/h4-7H,8H2,1-3H3. The van der Waals surface area contributed by atoms with Crippen LogP contribution in [-0.2, 0) is 16.9 Å². The van der Waals surface area contributed by atoms with E-state index in [1.54, 1.807) is 18.2 Å². The molecule has 0 N–H and O–H groups in total. The molecule has 0 saturated carbocycles. The van der Waals surface area contributed by atoms with E-state index in [-0.39, 0.29) is 5.78 Å². The topological polar surface area (TPSA) is 17.1 Å². The second-order valence-electron chi connectivity index (χ2n) is 4.01. The number of halogens is 1. The van der Waals surface area contributed by atoms with E-state index in [1.165, 1.54) is 20.8 Å². The number of rotatable bonds is 3. The molecule has 1 rings (SSSR count). The van der Waals surface area contributed by atoms with Gasteiger partial charge in [0.05, 0.1) is 0 Å². The van der Waals surface area contributed by atoms with Crippen LogP contribution in [-0.4, -0.2) is 5.78 Å². The lowest BCUT2D eigenvalue weighted by Crippen LogP contribution is -2.13. The van der Waals surface area contributed by atoms with Gasteiger partial charge in [-0.3, -0.25) is 4.79 Å². The highest BCUT2D eigenvalue weighted by atomic mass is 19.1. The van der Waals surface area contributed by atoms with Gasteiger partial charge in [0.2, 0.25) is 0 Å². The first kappa shape index (κ1) is 10.9. The third kappa shape index (κ3) is 2.66. The van der Waals surface area contributed by atoms with Gasteiger partial charge in [0, 0.05) is 6.42 Å². The lowest BCUT2D eigenvalue weighted by atomic mass is 9.92. The third-order valence-corrected chi connectivity index (χ3v) is 2.10. The van der Waals surface area contributed by atoms with Crippen molar-refractivity contribution in [3.05, 3.63) is 35.4 Å². The second kappa shape index (κ2) is 3.91. The molecule has 0 saturated heterocycles. The van der Waals surface area contributed by atoms with Gasteiger partial charge in [-0.15, -0.1) is 0 Å². The number of benzene rings is 1. The molecule has 1 aromatic rings. The average molecular weight is 194 g/mol. The van der Waals surface area contributed by atoms with Crippen LogP contribution in [0.15, 0.2) is 24.3 Å². The number of ketones is 1. The molecule has 14 heavy (non-hydrogen) atoms. The molecule has 0 aliphatic heterocycles. The second-order valence-corrected chi connectivity index (χ2v) is 4.01. The molecule has 2 heteroatoms. The minimum Gasteiger partial charge on any atom is -0.300 e. The number of Topliss-reactive ketones (excluding diaryl/α,β-unsaturated/α-hetero) is 1. The molecule has 0 heterocycles. The Labute approximate surface area is 83.9 Å². The molecular formula is C12H15FO. The molecule has 0 aliphatic carbocycles. The molecule has 0 unspecified atom stereocenters. The van der Waals surface area contributed by atoms with Crippen LogP contribution in [0.4, 0.5) is 4.39 Å². The van der Waals surface area contributed by atoms with E-state index in [9.17, 15) is 9.18 Å². The highest BCUT2D eigenvalue weighted by Gasteiger charge is 2.21. The van der Waals surface area contributed by atoms with Gasteiger partial charge in [-0.2, -0.15) is 0 Å². The summed E-state index contributed by atoms with van der Waals surface area (Å²) in [6.45, 7) is 4.53. The highest BCUT2D eigenvalue weighted by Crippen LogP contribution is 2.27. The fourth-order valence-electron chi connectivity index (χ4n) is 1.52. The maximum Gasteiger partial charge on any atom is 0.134 e. The molecule has 0 radical (unpaired) electrons. The fourth-order valence-corrected chi connectivity index (χ4v) is 1.52. The Hall–Kier alpha value is -1.18. The lowest BCUT2D eigenvalue weighted by Gasteiger charge is -2.18. The molecular weight excluding hydrogens is 179 g/mol. The molecule has 0 aromatic heterocycles. The van der Waals surface area contributed by atoms with Crippen LogP contribution in [0.5, 0.6) is 0 Å². The summed E-state index contributed by atoms with van der Waals surface area (Å²) in [5, 5.41) is 0. The summed E-state index contributed by atoms with van der Waals surface area (Å²) in [5.74, 6) is 0.0571. The Morgan fingerprint density at radius 1 is 1.36 bits per heavy atom. The fraction of sp³-hybridized carbons (Fsp3) is 0.417. The van der Waals surface area contributed by atoms with E-state index in [2.05, 4.69) is 0 Å². The van der Waals surface area contributed by atoms with Gasteiger partial charge in [0.15, 0.2) is 0 Å². The number of hydrogen-bond acceptors (Lipinski definition) is 1. The summed E-state index contributed by atoms with van der Waals surface area (Å²) in [6.07, 6.45) is 0.309. The highest BCUT2D eigenvalue weighted by molar-refractivity contribution is 5.78. The smallest absolute Gasteiger partial charge is 0.134 e. The molecule has 0 aliphatic rings. The van der Waals surface area contributed by atoms with Crippen LogP contribution in [0.25, 0.3) is 0 Å². The van der Waals surface area contributed by atoms with Gasteiger partial charge in [0.1, 0.15) is 11.5 Å². The Balaban J connectivity index is 3.10. The zero-order valence-corrected chi connectivity index (χ0v) is 8.80. The van der Waals surface area contributed by atoms with E-state index in [1.807, 2.05) is 6.07 Å². The van der Waals surface area contributed by atoms with Crippen molar-refractivity contribution in [2.75, 3.05) is 0 Å².